The topological polar surface area (TPSA) is 37.4 Å². The number of hydrogen-bond donors (Lipinski definition) is 0. The van der Waals surface area contributed by atoms with Crippen LogP contribution in [0.1, 0.15) is 25.7 Å². The lowest BCUT2D eigenvalue weighted by Gasteiger charge is -2.39. The predicted molar refractivity (Wildman–Crippen MR) is 165 cm³/mol. The minimum absolute atomic E-state index is 0.149. The maximum Gasteiger partial charge on any atom is 0.223 e. The third kappa shape index (κ3) is 5.23. The molecule has 2 aliphatic heterocycles. The summed E-state index contributed by atoms with van der Waals surface area (Å²) in [5.41, 5.74) is -0.543. The van der Waals surface area contributed by atoms with Crippen LogP contribution in [0.3, 0.4) is 0 Å². The van der Waals surface area contributed by atoms with E-state index in [1.165, 1.54) is 21.2 Å². The summed E-state index contributed by atoms with van der Waals surface area (Å²) in [6, 6.07) is 42.6. The number of hydrogen-bond acceptors (Lipinski definition) is 2. The van der Waals surface area contributed by atoms with Crippen LogP contribution >= 0.6 is 15.8 Å². The van der Waals surface area contributed by atoms with Gasteiger partial charge in [-0.1, -0.05) is 121 Å². The summed E-state index contributed by atoms with van der Waals surface area (Å²) < 4.78 is 0. The van der Waals surface area contributed by atoms with Crippen molar-refractivity contribution in [2.45, 2.75) is 36.9 Å². The van der Waals surface area contributed by atoms with Gasteiger partial charge in [0.05, 0.1) is 0 Å². The number of fused-ring (bicyclic) bond motifs is 1. The standard InChI is InChI=1S/C34H33NO2P2/c36-32-22-13-23-33(37)35-25-31(39(29-18-9-3-10-19-29)30-20-11-4-12-21-30)24-34(32,35)26-38(27-14-5-1-6-15-27)28-16-7-2-8-17-28/h1-12,14-21,31H,13,22-26H2/t31-,34+/m0/s1. The van der Waals surface area contributed by atoms with E-state index in [9.17, 15) is 9.59 Å². The van der Waals surface area contributed by atoms with Crippen LogP contribution in [0.25, 0.3) is 0 Å². The average Bonchev–Trinajstić information content (AvgIpc) is 3.33. The maximum atomic E-state index is 14.2. The quantitative estimate of drug-likeness (QED) is 0.292. The molecule has 0 spiro atoms. The van der Waals surface area contributed by atoms with Gasteiger partial charge in [0, 0.05) is 31.2 Å². The highest BCUT2D eigenvalue weighted by Gasteiger charge is 2.56. The normalized spacial score (nSPS) is 21.3. The highest BCUT2D eigenvalue weighted by Crippen LogP contribution is 2.53. The van der Waals surface area contributed by atoms with E-state index in [4.69, 9.17) is 0 Å². The van der Waals surface area contributed by atoms with Crippen LogP contribution in [-0.4, -0.2) is 40.5 Å². The smallest absolute Gasteiger partial charge is 0.223 e. The number of carbonyl (C=O) groups excluding carboxylic acids is 2. The molecular formula is C34H33NO2P2. The van der Waals surface area contributed by atoms with Crippen LogP contribution in [0.2, 0.25) is 0 Å². The van der Waals surface area contributed by atoms with Crippen molar-refractivity contribution in [2.24, 2.45) is 0 Å². The van der Waals surface area contributed by atoms with Gasteiger partial charge in [0.25, 0.3) is 0 Å². The minimum Gasteiger partial charge on any atom is -0.329 e. The fourth-order valence-corrected chi connectivity index (χ4v) is 12.0. The Bertz CT molecular complexity index is 1340. The molecule has 5 heteroatoms. The van der Waals surface area contributed by atoms with Crippen LogP contribution in [0.5, 0.6) is 0 Å². The van der Waals surface area contributed by atoms with Gasteiger partial charge in [-0.2, -0.15) is 0 Å². The summed E-state index contributed by atoms with van der Waals surface area (Å²) in [7, 11) is -1.57. The van der Waals surface area contributed by atoms with Crippen molar-refractivity contribution >= 4 is 48.8 Å². The van der Waals surface area contributed by atoms with Crippen LogP contribution in [0, 0.1) is 0 Å². The van der Waals surface area contributed by atoms with E-state index in [1.807, 2.05) is 17.0 Å². The lowest BCUT2D eigenvalue weighted by Crippen LogP contribution is -2.54. The molecule has 1 amide bonds. The molecule has 2 aliphatic rings. The van der Waals surface area contributed by atoms with E-state index >= 15 is 0 Å². The zero-order valence-corrected chi connectivity index (χ0v) is 23.8. The maximum absolute atomic E-state index is 14.2. The highest BCUT2D eigenvalue weighted by atomic mass is 31.1. The molecule has 0 saturated carbocycles. The molecule has 2 saturated heterocycles. The average molecular weight is 550 g/mol. The molecule has 4 aromatic rings. The third-order valence-electron chi connectivity index (χ3n) is 8.09. The van der Waals surface area contributed by atoms with Crippen molar-refractivity contribution in [1.82, 2.24) is 4.90 Å². The lowest BCUT2D eigenvalue weighted by atomic mass is 9.91. The number of Topliss-reactive ketones (excluding diaryl/α,β-unsaturated/α-hetero) is 1. The Morgan fingerprint density at radius 3 is 1.59 bits per heavy atom. The Labute approximate surface area is 233 Å². The minimum atomic E-state index is -0.827. The van der Waals surface area contributed by atoms with Gasteiger partial charge in [-0.15, -0.1) is 0 Å². The van der Waals surface area contributed by atoms with Crippen LogP contribution in [-0.2, 0) is 9.59 Å². The molecular weight excluding hydrogens is 516 g/mol. The van der Waals surface area contributed by atoms with Gasteiger partial charge in [-0.25, -0.2) is 0 Å². The largest absolute Gasteiger partial charge is 0.329 e. The molecule has 2 atom stereocenters. The number of carbonyl (C=O) groups is 2. The van der Waals surface area contributed by atoms with Gasteiger partial charge in [-0.3, -0.25) is 9.59 Å². The Balaban J connectivity index is 1.45. The van der Waals surface area contributed by atoms with E-state index in [1.54, 1.807) is 0 Å². The fourth-order valence-electron chi connectivity index (χ4n) is 6.29. The summed E-state index contributed by atoms with van der Waals surface area (Å²) in [6.07, 6.45) is 3.01. The van der Waals surface area contributed by atoms with Gasteiger partial charge in [0.15, 0.2) is 5.78 Å². The van der Waals surface area contributed by atoms with Crippen molar-refractivity contribution < 1.29 is 9.59 Å². The second-order valence-corrected chi connectivity index (χ2v) is 15.2. The van der Waals surface area contributed by atoms with Crippen molar-refractivity contribution in [3.8, 4) is 0 Å². The summed E-state index contributed by atoms with van der Waals surface area (Å²) in [4.78, 5) is 30.0. The summed E-state index contributed by atoms with van der Waals surface area (Å²) in [5.74, 6) is 0.404. The second kappa shape index (κ2) is 11.5. The summed E-state index contributed by atoms with van der Waals surface area (Å²) in [5, 5.41) is 5.14. The summed E-state index contributed by atoms with van der Waals surface area (Å²) >= 11 is 0. The van der Waals surface area contributed by atoms with Gasteiger partial charge in [0.1, 0.15) is 5.54 Å². The van der Waals surface area contributed by atoms with Crippen LogP contribution in [0.4, 0.5) is 0 Å². The first-order valence-corrected chi connectivity index (χ1v) is 16.7. The van der Waals surface area contributed by atoms with E-state index in [0.717, 1.165) is 6.42 Å². The summed E-state index contributed by atoms with van der Waals surface area (Å²) in [6.45, 7) is 0.646. The number of amides is 1. The van der Waals surface area contributed by atoms with Gasteiger partial charge < -0.3 is 4.90 Å². The van der Waals surface area contributed by atoms with E-state index in [-0.39, 0.29) is 17.3 Å². The molecule has 39 heavy (non-hydrogen) atoms. The Morgan fingerprint density at radius 2 is 1.10 bits per heavy atom. The van der Waals surface area contributed by atoms with Crippen molar-refractivity contribution in [1.29, 1.82) is 0 Å². The molecule has 2 heterocycles. The molecule has 0 aliphatic carbocycles. The van der Waals surface area contributed by atoms with Crippen molar-refractivity contribution in [3.63, 3.8) is 0 Å². The molecule has 0 N–H and O–H groups in total. The first-order chi connectivity index (χ1) is 19.2. The molecule has 2 fully saturated rings. The van der Waals surface area contributed by atoms with Crippen LogP contribution in [0.15, 0.2) is 121 Å². The highest BCUT2D eigenvalue weighted by molar-refractivity contribution is 7.74. The number of rotatable bonds is 7. The number of ketones is 1. The zero-order chi connectivity index (χ0) is 26.7. The van der Waals surface area contributed by atoms with Crippen LogP contribution < -0.4 is 21.2 Å². The van der Waals surface area contributed by atoms with E-state index in [0.29, 0.717) is 32.0 Å². The van der Waals surface area contributed by atoms with Gasteiger partial charge in [0.2, 0.25) is 5.91 Å². The number of benzene rings is 4. The van der Waals surface area contributed by atoms with Crippen molar-refractivity contribution in [2.75, 3.05) is 12.7 Å². The lowest BCUT2D eigenvalue weighted by molar-refractivity contribution is -0.140. The number of nitrogens with zero attached hydrogens (tertiary/aromatic N) is 1. The van der Waals surface area contributed by atoms with E-state index < -0.39 is 21.4 Å². The van der Waals surface area contributed by atoms with Gasteiger partial charge >= 0.3 is 0 Å². The molecule has 4 aromatic carbocycles. The molecule has 3 nitrogen and oxygen atoms in total. The Kier molecular flexibility index (Phi) is 7.73. The monoisotopic (exact) mass is 549 g/mol. The van der Waals surface area contributed by atoms with E-state index in [2.05, 4.69) is 109 Å². The molecule has 0 radical (unpaired) electrons. The second-order valence-electron chi connectivity index (χ2n) is 10.5. The third-order valence-corrected chi connectivity index (χ3v) is 13.6. The zero-order valence-electron chi connectivity index (χ0n) is 22.0. The molecule has 0 bridgehead atoms. The van der Waals surface area contributed by atoms with Crippen molar-refractivity contribution in [3.05, 3.63) is 121 Å². The SMILES string of the molecule is O=C1CCCC(=O)[C@]2(CP(c3ccccc3)c3ccccc3)C[C@H](P(c3ccccc3)c3ccccc3)CN12. The Hall–Kier alpha value is -3.12. The molecule has 196 valence electrons. The molecule has 0 aromatic heterocycles. The van der Waals surface area contributed by atoms with Gasteiger partial charge in [-0.05, 0) is 49.9 Å². The fraction of sp³-hybridized carbons (Fsp3) is 0.235. The first kappa shape index (κ1) is 26.1. The molecule has 6 rings (SSSR count). The predicted octanol–water partition coefficient (Wildman–Crippen LogP) is 5.34. The first-order valence-electron chi connectivity index (χ1n) is 13.8. The Morgan fingerprint density at radius 1 is 0.641 bits per heavy atom. The molecule has 0 unspecified atom stereocenters.